The lowest BCUT2D eigenvalue weighted by Crippen LogP contribution is -2.14. The number of non-ortho nitro benzene ring substituents is 1. The summed E-state index contributed by atoms with van der Waals surface area (Å²) in [5.74, 6) is 0.536. The van der Waals surface area contributed by atoms with Crippen molar-refractivity contribution in [1.29, 1.82) is 0 Å². The van der Waals surface area contributed by atoms with E-state index >= 15 is 0 Å². The molecule has 4 rings (SSSR count). The normalized spacial score (nSPS) is 10.7. The van der Waals surface area contributed by atoms with E-state index in [0.29, 0.717) is 16.5 Å². The van der Waals surface area contributed by atoms with E-state index in [4.69, 9.17) is 0 Å². The number of nitrogens with zero attached hydrogens (tertiary/aromatic N) is 4. The van der Waals surface area contributed by atoms with Crippen LogP contribution in [-0.2, 0) is 4.79 Å². The van der Waals surface area contributed by atoms with Gasteiger partial charge in [-0.05, 0) is 61.4 Å². The van der Waals surface area contributed by atoms with Crippen molar-refractivity contribution in [2.24, 2.45) is 0 Å². The number of hydrogen-bond acceptors (Lipinski definition) is 6. The number of aromatic nitrogens is 3. The number of carbonyl (C=O) groups is 1. The van der Waals surface area contributed by atoms with Crippen LogP contribution in [0.25, 0.3) is 17.1 Å². The molecule has 0 unspecified atom stereocenters. The molecule has 0 spiro atoms. The summed E-state index contributed by atoms with van der Waals surface area (Å²) in [5, 5.41) is 23.1. The Kier molecular flexibility index (Phi) is 6.50. The molecule has 0 radical (unpaired) electrons. The summed E-state index contributed by atoms with van der Waals surface area (Å²) in [7, 11) is 0. The molecule has 0 atom stereocenters. The molecule has 0 bridgehead atoms. The van der Waals surface area contributed by atoms with Crippen LogP contribution in [0.4, 0.5) is 11.4 Å². The van der Waals surface area contributed by atoms with Crippen molar-refractivity contribution in [2.45, 2.75) is 19.0 Å². The van der Waals surface area contributed by atoms with Gasteiger partial charge in [0.1, 0.15) is 0 Å². The molecule has 0 fully saturated rings. The van der Waals surface area contributed by atoms with E-state index < -0.39 is 4.92 Å². The third-order valence-corrected chi connectivity index (χ3v) is 6.04. The highest BCUT2D eigenvalue weighted by atomic mass is 32.2. The topological polar surface area (TPSA) is 103 Å². The fraction of sp³-hybridized carbons (Fsp3) is 0.125. The smallest absolute Gasteiger partial charge is 0.269 e. The first-order valence-electron chi connectivity index (χ1n) is 10.2. The Hall–Kier alpha value is -3.98. The predicted molar refractivity (Wildman–Crippen MR) is 129 cm³/mol. The highest BCUT2D eigenvalue weighted by molar-refractivity contribution is 7.99. The second-order valence-electron chi connectivity index (χ2n) is 7.42. The van der Waals surface area contributed by atoms with Crippen LogP contribution < -0.4 is 5.32 Å². The summed E-state index contributed by atoms with van der Waals surface area (Å²) in [5.41, 5.74) is 4.53. The minimum absolute atomic E-state index is 0.00198. The van der Waals surface area contributed by atoms with Gasteiger partial charge < -0.3 is 5.32 Å². The maximum absolute atomic E-state index is 12.6. The van der Waals surface area contributed by atoms with Gasteiger partial charge in [-0.3, -0.25) is 19.5 Å². The molecule has 1 amide bonds. The molecule has 1 N–H and O–H groups in total. The van der Waals surface area contributed by atoms with Crippen molar-refractivity contribution in [3.8, 4) is 17.1 Å². The first kappa shape index (κ1) is 22.2. The minimum Gasteiger partial charge on any atom is -0.325 e. The third-order valence-electron chi connectivity index (χ3n) is 5.11. The number of nitro groups is 1. The molecule has 1 heterocycles. The first-order chi connectivity index (χ1) is 15.9. The van der Waals surface area contributed by atoms with Crippen LogP contribution in [-0.4, -0.2) is 31.3 Å². The van der Waals surface area contributed by atoms with E-state index in [2.05, 4.69) is 15.5 Å². The number of amides is 1. The number of anilines is 1. The zero-order valence-corrected chi connectivity index (χ0v) is 18.9. The van der Waals surface area contributed by atoms with Gasteiger partial charge in [-0.25, -0.2) is 0 Å². The standard InChI is InChI=1S/C24H21N5O3S/c1-16-8-11-19(14-17(16)2)25-22(30)15-33-24-27-26-23(28(24)20-6-4-3-5-7-20)18-9-12-21(13-10-18)29(31)32/h3-14H,15H2,1-2H3,(H,25,30). The van der Waals surface area contributed by atoms with E-state index in [1.54, 1.807) is 12.1 Å². The largest absolute Gasteiger partial charge is 0.325 e. The van der Waals surface area contributed by atoms with Crippen molar-refractivity contribution in [3.05, 3.63) is 94.0 Å². The summed E-state index contributed by atoms with van der Waals surface area (Å²) < 4.78 is 1.84. The molecule has 1 aromatic heterocycles. The number of hydrogen-bond donors (Lipinski definition) is 1. The Morgan fingerprint density at radius 2 is 1.73 bits per heavy atom. The number of benzene rings is 3. The second kappa shape index (κ2) is 9.66. The van der Waals surface area contributed by atoms with Gasteiger partial charge in [-0.15, -0.1) is 10.2 Å². The zero-order chi connectivity index (χ0) is 23.4. The van der Waals surface area contributed by atoms with Gasteiger partial charge in [0.2, 0.25) is 5.91 Å². The van der Waals surface area contributed by atoms with Gasteiger partial charge in [0.15, 0.2) is 11.0 Å². The minimum atomic E-state index is -0.443. The average molecular weight is 460 g/mol. The fourth-order valence-corrected chi connectivity index (χ4v) is 3.99. The molecular weight excluding hydrogens is 438 g/mol. The monoisotopic (exact) mass is 459 g/mol. The summed E-state index contributed by atoms with van der Waals surface area (Å²) in [6.45, 7) is 4.03. The molecule has 33 heavy (non-hydrogen) atoms. The number of para-hydroxylation sites is 1. The lowest BCUT2D eigenvalue weighted by Gasteiger charge is -2.11. The summed E-state index contributed by atoms with van der Waals surface area (Å²) in [4.78, 5) is 23.1. The Morgan fingerprint density at radius 3 is 2.39 bits per heavy atom. The van der Waals surface area contributed by atoms with Gasteiger partial charge >= 0.3 is 0 Å². The van der Waals surface area contributed by atoms with Crippen LogP contribution in [0.15, 0.2) is 78.0 Å². The lowest BCUT2D eigenvalue weighted by atomic mass is 10.1. The highest BCUT2D eigenvalue weighted by Gasteiger charge is 2.18. The SMILES string of the molecule is Cc1ccc(NC(=O)CSc2nnc(-c3ccc([N+](=O)[O-])cc3)n2-c2ccccc2)cc1C. The molecule has 3 aromatic carbocycles. The van der Waals surface area contributed by atoms with Crippen molar-refractivity contribution in [3.63, 3.8) is 0 Å². The van der Waals surface area contributed by atoms with E-state index in [1.165, 1.54) is 23.9 Å². The van der Waals surface area contributed by atoms with E-state index in [1.807, 2.05) is 66.9 Å². The molecule has 0 aliphatic rings. The zero-order valence-electron chi connectivity index (χ0n) is 18.1. The maximum Gasteiger partial charge on any atom is 0.269 e. The summed E-state index contributed by atoms with van der Waals surface area (Å²) in [6.07, 6.45) is 0. The van der Waals surface area contributed by atoms with Crippen LogP contribution in [0, 0.1) is 24.0 Å². The molecule has 4 aromatic rings. The van der Waals surface area contributed by atoms with Gasteiger partial charge in [0.25, 0.3) is 5.69 Å². The molecule has 166 valence electrons. The second-order valence-corrected chi connectivity index (χ2v) is 8.36. The molecule has 9 heteroatoms. The van der Waals surface area contributed by atoms with Crippen LogP contribution in [0.3, 0.4) is 0 Å². The number of thioether (sulfide) groups is 1. The molecule has 0 saturated carbocycles. The number of aryl methyl sites for hydroxylation is 2. The Morgan fingerprint density at radius 1 is 1.00 bits per heavy atom. The van der Waals surface area contributed by atoms with Crippen LogP contribution in [0.1, 0.15) is 11.1 Å². The Balaban J connectivity index is 1.58. The summed E-state index contributed by atoms with van der Waals surface area (Å²) in [6, 6.07) is 21.5. The number of rotatable bonds is 7. The van der Waals surface area contributed by atoms with Crippen molar-refractivity contribution < 1.29 is 9.72 Å². The third kappa shape index (κ3) is 5.09. The Labute approximate surface area is 194 Å². The van der Waals surface area contributed by atoms with Crippen molar-refractivity contribution in [2.75, 3.05) is 11.1 Å². The van der Waals surface area contributed by atoms with E-state index in [9.17, 15) is 14.9 Å². The fourth-order valence-electron chi connectivity index (χ4n) is 3.24. The maximum atomic E-state index is 12.6. The van der Waals surface area contributed by atoms with Gasteiger partial charge in [0, 0.05) is 29.1 Å². The molecule has 8 nitrogen and oxygen atoms in total. The van der Waals surface area contributed by atoms with E-state index in [0.717, 1.165) is 22.5 Å². The molecular formula is C24H21N5O3S. The molecule has 0 saturated heterocycles. The molecule has 0 aliphatic carbocycles. The first-order valence-corrected chi connectivity index (χ1v) is 11.2. The number of carbonyl (C=O) groups excluding carboxylic acids is 1. The summed E-state index contributed by atoms with van der Waals surface area (Å²) >= 11 is 1.27. The van der Waals surface area contributed by atoms with Crippen LogP contribution in [0.5, 0.6) is 0 Å². The van der Waals surface area contributed by atoms with Gasteiger partial charge in [0.05, 0.1) is 10.7 Å². The Bertz CT molecular complexity index is 1300. The molecule has 0 aliphatic heterocycles. The van der Waals surface area contributed by atoms with Crippen molar-refractivity contribution >= 4 is 29.0 Å². The van der Waals surface area contributed by atoms with Crippen LogP contribution in [0.2, 0.25) is 0 Å². The lowest BCUT2D eigenvalue weighted by molar-refractivity contribution is -0.384. The average Bonchev–Trinajstić information content (AvgIpc) is 3.25. The highest BCUT2D eigenvalue weighted by Crippen LogP contribution is 2.29. The van der Waals surface area contributed by atoms with Gasteiger partial charge in [-0.1, -0.05) is 36.0 Å². The predicted octanol–water partition coefficient (Wildman–Crippen LogP) is 5.19. The number of nitro benzene ring substituents is 1. The van der Waals surface area contributed by atoms with Crippen molar-refractivity contribution in [1.82, 2.24) is 14.8 Å². The quantitative estimate of drug-likeness (QED) is 0.232. The van der Waals surface area contributed by atoms with Crippen LogP contribution >= 0.6 is 11.8 Å². The van der Waals surface area contributed by atoms with Gasteiger partial charge in [-0.2, -0.15) is 0 Å². The van der Waals surface area contributed by atoms with E-state index in [-0.39, 0.29) is 17.3 Å². The number of nitrogens with one attached hydrogen (secondary N) is 1.